The molecule has 1 aromatic heterocycles. The van der Waals surface area contributed by atoms with Gasteiger partial charge in [0.25, 0.3) is 0 Å². The van der Waals surface area contributed by atoms with Crippen molar-refractivity contribution in [1.82, 2.24) is 15.5 Å². The van der Waals surface area contributed by atoms with Gasteiger partial charge in [0.2, 0.25) is 5.89 Å². The van der Waals surface area contributed by atoms with E-state index in [-0.39, 0.29) is 5.54 Å². The normalized spacial score (nSPS) is 11.8. The molecule has 0 fully saturated rings. The fraction of sp³-hybridized carbons (Fsp3) is 0.467. The second-order valence-corrected chi connectivity index (χ2v) is 5.87. The van der Waals surface area contributed by atoms with Crippen LogP contribution >= 0.6 is 0 Å². The third-order valence-corrected chi connectivity index (χ3v) is 2.76. The van der Waals surface area contributed by atoms with Gasteiger partial charge in [-0.05, 0) is 33.3 Å². The molecule has 0 aliphatic heterocycles. The third-order valence-electron chi connectivity index (χ3n) is 2.76. The Kier molecular flexibility index (Phi) is 4.00. The molecular formula is C15H21N3O. The van der Waals surface area contributed by atoms with Gasteiger partial charge in [0, 0.05) is 12.0 Å². The summed E-state index contributed by atoms with van der Waals surface area (Å²) in [4.78, 5) is 4.39. The largest absolute Gasteiger partial charge is 0.338 e. The number of hydrogen-bond donors (Lipinski definition) is 1. The highest BCUT2D eigenvalue weighted by atomic mass is 16.5. The van der Waals surface area contributed by atoms with Crippen LogP contribution in [-0.4, -0.2) is 15.7 Å². The number of rotatable bonds is 4. The average molecular weight is 259 g/mol. The smallest absolute Gasteiger partial charge is 0.240 e. The number of benzene rings is 1. The molecule has 0 saturated carbocycles. The van der Waals surface area contributed by atoms with Gasteiger partial charge in [0.05, 0.1) is 6.54 Å². The van der Waals surface area contributed by atoms with Gasteiger partial charge in [0.15, 0.2) is 5.82 Å². The molecule has 1 aromatic carbocycles. The standard InChI is InChI=1S/C15H21N3O/c1-11-5-7-12(8-6-11)9-13-17-14(19-18-13)10-16-15(2,3)4/h5-8,16H,9-10H2,1-4H3. The Morgan fingerprint density at radius 1 is 1.16 bits per heavy atom. The van der Waals surface area contributed by atoms with Crippen LogP contribution in [-0.2, 0) is 13.0 Å². The van der Waals surface area contributed by atoms with Crippen molar-refractivity contribution >= 4 is 0 Å². The second-order valence-electron chi connectivity index (χ2n) is 5.87. The van der Waals surface area contributed by atoms with Gasteiger partial charge < -0.3 is 9.84 Å². The van der Waals surface area contributed by atoms with Crippen molar-refractivity contribution in [3.63, 3.8) is 0 Å². The van der Waals surface area contributed by atoms with Crippen LogP contribution in [0.15, 0.2) is 28.8 Å². The van der Waals surface area contributed by atoms with Crippen molar-refractivity contribution in [3.8, 4) is 0 Å². The highest BCUT2D eigenvalue weighted by Gasteiger charge is 2.12. The SMILES string of the molecule is Cc1ccc(Cc2noc(CNC(C)(C)C)n2)cc1. The Labute approximate surface area is 114 Å². The fourth-order valence-corrected chi connectivity index (χ4v) is 1.66. The second kappa shape index (κ2) is 5.53. The lowest BCUT2D eigenvalue weighted by Crippen LogP contribution is -2.35. The Morgan fingerprint density at radius 2 is 1.84 bits per heavy atom. The summed E-state index contributed by atoms with van der Waals surface area (Å²) >= 11 is 0. The van der Waals surface area contributed by atoms with Crippen molar-refractivity contribution in [3.05, 3.63) is 47.1 Å². The summed E-state index contributed by atoms with van der Waals surface area (Å²) in [6.45, 7) is 9.00. The minimum absolute atomic E-state index is 0.0472. The van der Waals surface area contributed by atoms with Crippen LogP contribution in [0.3, 0.4) is 0 Å². The quantitative estimate of drug-likeness (QED) is 0.917. The predicted octanol–water partition coefficient (Wildman–Crippen LogP) is 2.86. The van der Waals surface area contributed by atoms with E-state index in [4.69, 9.17) is 4.52 Å². The van der Waals surface area contributed by atoms with Crippen LogP contribution in [0.5, 0.6) is 0 Å². The van der Waals surface area contributed by atoms with E-state index in [2.05, 4.69) is 67.4 Å². The van der Waals surface area contributed by atoms with E-state index in [1.54, 1.807) is 0 Å². The molecule has 19 heavy (non-hydrogen) atoms. The molecule has 2 aromatic rings. The van der Waals surface area contributed by atoms with Crippen LogP contribution in [0.4, 0.5) is 0 Å². The molecule has 4 heteroatoms. The fourth-order valence-electron chi connectivity index (χ4n) is 1.66. The van der Waals surface area contributed by atoms with Crippen molar-refractivity contribution in [1.29, 1.82) is 0 Å². The molecule has 0 spiro atoms. The lowest BCUT2D eigenvalue weighted by molar-refractivity contribution is 0.334. The zero-order valence-corrected chi connectivity index (χ0v) is 12.0. The third kappa shape index (κ3) is 4.48. The van der Waals surface area contributed by atoms with Crippen LogP contribution in [0, 0.1) is 6.92 Å². The number of aryl methyl sites for hydroxylation is 1. The summed E-state index contributed by atoms with van der Waals surface area (Å²) < 4.78 is 5.23. The van der Waals surface area contributed by atoms with E-state index in [1.807, 2.05) is 0 Å². The Morgan fingerprint density at radius 3 is 2.47 bits per heavy atom. The molecule has 4 nitrogen and oxygen atoms in total. The first-order valence-electron chi connectivity index (χ1n) is 6.54. The molecule has 0 saturated heterocycles. The van der Waals surface area contributed by atoms with Crippen molar-refractivity contribution < 1.29 is 4.52 Å². The predicted molar refractivity (Wildman–Crippen MR) is 74.9 cm³/mol. The van der Waals surface area contributed by atoms with Gasteiger partial charge in [-0.2, -0.15) is 4.98 Å². The molecule has 0 radical (unpaired) electrons. The van der Waals surface area contributed by atoms with Gasteiger partial charge in [-0.3, -0.25) is 0 Å². The molecule has 102 valence electrons. The maximum absolute atomic E-state index is 5.23. The van der Waals surface area contributed by atoms with Crippen LogP contribution in [0.1, 0.15) is 43.6 Å². The van der Waals surface area contributed by atoms with Crippen LogP contribution in [0.25, 0.3) is 0 Å². The summed E-state index contributed by atoms with van der Waals surface area (Å²) in [5.74, 6) is 1.37. The summed E-state index contributed by atoms with van der Waals surface area (Å²) in [6, 6.07) is 8.38. The molecular weight excluding hydrogens is 238 g/mol. The van der Waals surface area contributed by atoms with E-state index in [0.29, 0.717) is 18.9 Å². The molecule has 0 unspecified atom stereocenters. The first kappa shape index (κ1) is 13.7. The maximum Gasteiger partial charge on any atom is 0.240 e. The van der Waals surface area contributed by atoms with Gasteiger partial charge in [-0.25, -0.2) is 0 Å². The van der Waals surface area contributed by atoms with Crippen LogP contribution in [0.2, 0.25) is 0 Å². The van der Waals surface area contributed by atoms with Gasteiger partial charge in [0.1, 0.15) is 0 Å². The molecule has 0 atom stereocenters. The van der Waals surface area contributed by atoms with Crippen LogP contribution < -0.4 is 5.32 Å². The van der Waals surface area contributed by atoms with Crippen molar-refractivity contribution in [2.75, 3.05) is 0 Å². The zero-order valence-electron chi connectivity index (χ0n) is 12.0. The molecule has 0 bridgehead atoms. The maximum atomic E-state index is 5.23. The molecule has 0 aliphatic rings. The Hall–Kier alpha value is -1.68. The Balaban J connectivity index is 1.95. The number of hydrogen-bond acceptors (Lipinski definition) is 4. The van der Waals surface area contributed by atoms with E-state index in [0.717, 1.165) is 5.82 Å². The average Bonchev–Trinajstić information content (AvgIpc) is 2.77. The minimum atomic E-state index is 0.0472. The van der Waals surface area contributed by atoms with Gasteiger partial charge >= 0.3 is 0 Å². The summed E-state index contributed by atoms with van der Waals surface area (Å²) in [6.07, 6.45) is 0.708. The first-order chi connectivity index (χ1) is 8.92. The summed E-state index contributed by atoms with van der Waals surface area (Å²) in [5, 5.41) is 7.34. The van der Waals surface area contributed by atoms with E-state index >= 15 is 0 Å². The molecule has 1 N–H and O–H groups in total. The van der Waals surface area contributed by atoms with E-state index in [1.165, 1.54) is 11.1 Å². The lowest BCUT2D eigenvalue weighted by Gasteiger charge is -2.18. The topological polar surface area (TPSA) is 51.0 Å². The molecule has 1 heterocycles. The van der Waals surface area contributed by atoms with Crippen molar-refractivity contribution in [2.24, 2.45) is 0 Å². The summed E-state index contributed by atoms with van der Waals surface area (Å²) in [5.41, 5.74) is 2.50. The monoisotopic (exact) mass is 259 g/mol. The van der Waals surface area contributed by atoms with Crippen molar-refractivity contribution in [2.45, 2.75) is 46.2 Å². The number of nitrogens with zero attached hydrogens (tertiary/aromatic N) is 2. The lowest BCUT2D eigenvalue weighted by atomic mass is 10.1. The summed E-state index contributed by atoms with van der Waals surface area (Å²) in [7, 11) is 0. The molecule has 0 amide bonds. The minimum Gasteiger partial charge on any atom is -0.338 e. The molecule has 0 aliphatic carbocycles. The van der Waals surface area contributed by atoms with E-state index < -0.39 is 0 Å². The Bertz CT molecular complexity index is 523. The highest BCUT2D eigenvalue weighted by Crippen LogP contribution is 2.09. The highest BCUT2D eigenvalue weighted by molar-refractivity contribution is 5.23. The molecule has 2 rings (SSSR count). The van der Waals surface area contributed by atoms with E-state index in [9.17, 15) is 0 Å². The number of nitrogens with one attached hydrogen (secondary N) is 1. The number of aromatic nitrogens is 2. The van der Waals surface area contributed by atoms with Gasteiger partial charge in [-0.15, -0.1) is 0 Å². The van der Waals surface area contributed by atoms with Gasteiger partial charge in [-0.1, -0.05) is 35.0 Å². The first-order valence-corrected chi connectivity index (χ1v) is 6.54. The zero-order chi connectivity index (χ0) is 13.9.